The summed E-state index contributed by atoms with van der Waals surface area (Å²) >= 11 is 0. The lowest BCUT2D eigenvalue weighted by atomic mass is 10.2. The van der Waals surface area contributed by atoms with E-state index in [1.165, 1.54) is 24.7 Å². The average Bonchev–Trinajstić information content (AvgIpc) is 2.41. The molecule has 0 fully saturated rings. The molecule has 0 saturated heterocycles. The molecule has 1 heterocycles. The van der Waals surface area contributed by atoms with Crippen molar-refractivity contribution in [3.05, 3.63) is 43.1 Å². The Balaban J connectivity index is 3.06. The number of nitrogens with one attached hydrogen (secondary N) is 1. The highest BCUT2D eigenvalue weighted by atomic mass is 16.6. The Hall–Kier alpha value is -2.68. The van der Waals surface area contributed by atoms with Crippen LogP contribution in [0.15, 0.2) is 21.7 Å². The van der Waals surface area contributed by atoms with E-state index in [1.54, 1.807) is 0 Å². The van der Waals surface area contributed by atoms with Crippen molar-refractivity contribution < 1.29 is 4.92 Å². The summed E-state index contributed by atoms with van der Waals surface area (Å²) in [7, 11) is 2.78. The van der Waals surface area contributed by atoms with Gasteiger partial charge in [-0.25, -0.2) is 4.79 Å². The fourth-order valence-electron chi connectivity index (χ4n) is 1.89. The van der Waals surface area contributed by atoms with Gasteiger partial charge in [0.1, 0.15) is 5.69 Å². The summed E-state index contributed by atoms with van der Waals surface area (Å²) in [5.74, 6) is 5.21. The van der Waals surface area contributed by atoms with Crippen LogP contribution in [0.25, 0.3) is 10.9 Å². The molecule has 0 atom stereocenters. The number of rotatable bonds is 2. The number of nitro groups is 1. The van der Waals surface area contributed by atoms with Crippen molar-refractivity contribution in [1.82, 2.24) is 9.13 Å². The minimum absolute atomic E-state index is 0.0285. The molecule has 0 bridgehead atoms. The van der Waals surface area contributed by atoms with E-state index in [9.17, 15) is 19.7 Å². The van der Waals surface area contributed by atoms with Gasteiger partial charge in [-0.1, -0.05) is 0 Å². The molecule has 0 spiro atoms. The second-order valence-corrected chi connectivity index (χ2v) is 3.99. The van der Waals surface area contributed by atoms with Crippen molar-refractivity contribution in [1.29, 1.82) is 0 Å². The molecule has 9 heteroatoms. The van der Waals surface area contributed by atoms with Crippen molar-refractivity contribution in [2.24, 2.45) is 19.9 Å². The number of nitro benzene ring substituents is 1. The van der Waals surface area contributed by atoms with E-state index in [4.69, 9.17) is 5.84 Å². The SMILES string of the molecule is Cn1c(=O)c2cc([N+](=O)[O-])c(NN)cc2n(C)c1=O. The number of nitrogens with zero attached hydrogens (tertiary/aromatic N) is 3. The van der Waals surface area contributed by atoms with E-state index in [0.717, 1.165) is 10.6 Å². The maximum Gasteiger partial charge on any atom is 0.330 e. The molecular formula is C10H11N5O4. The largest absolute Gasteiger partial charge is 0.330 e. The third kappa shape index (κ3) is 1.76. The van der Waals surface area contributed by atoms with Crippen molar-refractivity contribution in [3.8, 4) is 0 Å². The van der Waals surface area contributed by atoms with Gasteiger partial charge in [0, 0.05) is 20.2 Å². The zero-order valence-electron chi connectivity index (χ0n) is 10.2. The zero-order valence-corrected chi connectivity index (χ0v) is 10.2. The van der Waals surface area contributed by atoms with Crippen LogP contribution >= 0.6 is 0 Å². The summed E-state index contributed by atoms with van der Waals surface area (Å²) in [6.07, 6.45) is 0. The van der Waals surface area contributed by atoms with Gasteiger partial charge in [0.25, 0.3) is 11.2 Å². The second kappa shape index (κ2) is 4.21. The summed E-state index contributed by atoms with van der Waals surface area (Å²) in [4.78, 5) is 34.0. The Kier molecular flexibility index (Phi) is 2.83. The van der Waals surface area contributed by atoms with Gasteiger partial charge in [0.15, 0.2) is 0 Å². The van der Waals surface area contributed by atoms with Gasteiger partial charge in [-0.15, -0.1) is 0 Å². The first-order valence-corrected chi connectivity index (χ1v) is 5.23. The summed E-state index contributed by atoms with van der Waals surface area (Å²) in [6, 6.07) is 2.41. The van der Waals surface area contributed by atoms with Crippen LogP contribution < -0.4 is 22.5 Å². The highest BCUT2D eigenvalue weighted by molar-refractivity contribution is 5.86. The minimum Gasteiger partial charge on any atom is -0.318 e. The normalized spacial score (nSPS) is 10.7. The van der Waals surface area contributed by atoms with E-state index in [1.807, 2.05) is 0 Å². The molecule has 100 valence electrons. The van der Waals surface area contributed by atoms with Crippen LogP contribution in [0.1, 0.15) is 0 Å². The van der Waals surface area contributed by atoms with E-state index < -0.39 is 16.2 Å². The quantitative estimate of drug-likeness (QED) is 0.425. The molecule has 9 nitrogen and oxygen atoms in total. The molecule has 0 aliphatic carbocycles. The molecule has 0 amide bonds. The molecule has 1 aromatic carbocycles. The van der Waals surface area contributed by atoms with Crippen LogP contribution in [-0.4, -0.2) is 14.1 Å². The third-order valence-electron chi connectivity index (χ3n) is 2.94. The molecular weight excluding hydrogens is 254 g/mol. The summed E-state index contributed by atoms with van der Waals surface area (Å²) in [5.41, 5.74) is 1.04. The number of hydrazine groups is 1. The van der Waals surface area contributed by atoms with Crippen LogP contribution in [0.2, 0.25) is 0 Å². The molecule has 0 aliphatic rings. The lowest BCUT2D eigenvalue weighted by Crippen LogP contribution is -2.37. The number of hydrogen-bond donors (Lipinski definition) is 2. The van der Waals surface area contributed by atoms with Crippen LogP contribution in [0.3, 0.4) is 0 Å². The number of aromatic nitrogens is 2. The number of benzene rings is 1. The number of anilines is 1. The predicted molar refractivity (Wildman–Crippen MR) is 68.9 cm³/mol. The summed E-state index contributed by atoms with van der Waals surface area (Å²) in [6.45, 7) is 0. The molecule has 2 rings (SSSR count). The first kappa shape index (κ1) is 12.8. The van der Waals surface area contributed by atoms with E-state index in [-0.39, 0.29) is 22.3 Å². The van der Waals surface area contributed by atoms with Crippen molar-refractivity contribution in [3.63, 3.8) is 0 Å². The lowest BCUT2D eigenvalue weighted by molar-refractivity contribution is -0.383. The second-order valence-electron chi connectivity index (χ2n) is 3.99. The predicted octanol–water partition coefficient (Wildman–Crippen LogP) is -0.569. The van der Waals surface area contributed by atoms with E-state index in [0.29, 0.717) is 0 Å². The van der Waals surface area contributed by atoms with Crippen LogP contribution in [0, 0.1) is 10.1 Å². The Morgan fingerprint density at radius 1 is 1.26 bits per heavy atom. The molecule has 1 aromatic heterocycles. The smallest absolute Gasteiger partial charge is 0.318 e. The topological polar surface area (TPSA) is 125 Å². The van der Waals surface area contributed by atoms with Crippen LogP contribution in [0.5, 0.6) is 0 Å². The first-order chi connectivity index (χ1) is 8.88. The van der Waals surface area contributed by atoms with Gasteiger partial charge >= 0.3 is 5.69 Å². The number of nitrogen functional groups attached to an aromatic ring is 1. The molecule has 0 aliphatic heterocycles. The molecule has 19 heavy (non-hydrogen) atoms. The van der Waals surface area contributed by atoms with Crippen LogP contribution in [0.4, 0.5) is 11.4 Å². The fraction of sp³-hybridized carbons (Fsp3) is 0.200. The molecule has 3 N–H and O–H groups in total. The van der Waals surface area contributed by atoms with E-state index in [2.05, 4.69) is 5.43 Å². The third-order valence-corrected chi connectivity index (χ3v) is 2.94. The highest BCUT2D eigenvalue weighted by Crippen LogP contribution is 2.27. The van der Waals surface area contributed by atoms with Gasteiger partial charge in [-0.3, -0.25) is 29.9 Å². The highest BCUT2D eigenvalue weighted by Gasteiger charge is 2.18. The first-order valence-electron chi connectivity index (χ1n) is 5.23. The van der Waals surface area contributed by atoms with Crippen molar-refractivity contribution >= 4 is 22.3 Å². The standard InChI is InChI=1S/C10H11N5O4/c1-13-7-4-6(12-11)8(15(18)19)3-5(7)9(16)14(2)10(13)17/h3-4,12H,11H2,1-2H3. The molecule has 2 aromatic rings. The summed E-state index contributed by atoms with van der Waals surface area (Å²) < 4.78 is 2.11. The maximum atomic E-state index is 12.0. The van der Waals surface area contributed by atoms with Gasteiger partial charge in [-0.2, -0.15) is 0 Å². The molecule has 0 unspecified atom stereocenters. The Morgan fingerprint density at radius 3 is 2.42 bits per heavy atom. The molecule has 0 radical (unpaired) electrons. The van der Waals surface area contributed by atoms with Gasteiger partial charge in [0.05, 0.1) is 15.8 Å². The van der Waals surface area contributed by atoms with Gasteiger partial charge < -0.3 is 5.43 Å². The lowest BCUT2D eigenvalue weighted by Gasteiger charge is -2.09. The van der Waals surface area contributed by atoms with Crippen LogP contribution in [-0.2, 0) is 14.1 Å². The Morgan fingerprint density at radius 2 is 1.89 bits per heavy atom. The number of hydrogen-bond acceptors (Lipinski definition) is 6. The Bertz CT molecular complexity index is 804. The molecule has 0 saturated carbocycles. The van der Waals surface area contributed by atoms with Crippen molar-refractivity contribution in [2.45, 2.75) is 0 Å². The minimum atomic E-state index is -0.654. The monoisotopic (exact) mass is 265 g/mol. The number of fused-ring (bicyclic) bond motifs is 1. The van der Waals surface area contributed by atoms with Gasteiger partial charge in [-0.05, 0) is 6.07 Å². The van der Waals surface area contributed by atoms with E-state index >= 15 is 0 Å². The summed E-state index contributed by atoms with van der Waals surface area (Å²) in [5, 5.41) is 11.0. The number of nitrogens with two attached hydrogens (primary N) is 1. The Labute approximate surface area is 106 Å². The van der Waals surface area contributed by atoms with Crippen molar-refractivity contribution in [2.75, 3.05) is 5.43 Å². The maximum absolute atomic E-state index is 12.0. The fourth-order valence-corrected chi connectivity index (χ4v) is 1.89. The average molecular weight is 265 g/mol. The van der Waals surface area contributed by atoms with Gasteiger partial charge in [0.2, 0.25) is 0 Å². The zero-order chi connectivity index (χ0) is 14.3. The number of aryl methyl sites for hydroxylation is 1.